The van der Waals surface area contributed by atoms with Crippen LogP contribution in [0.5, 0.6) is 0 Å². The van der Waals surface area contributed by atoms with E-state index >= 15 is 0 Å². The van der Waals surface area contributed by atoms with Gasteiger partial charge < -0.3 is 0 Å². The van der Waals surface area contributed by atoms with Gasteiger partial charge in [0.1, 0.15) is 0 Å². The Morgan fingerprint density at radius 3 is 2.47 bits per heavy atom. The van der Waals surface area contributed by atoms with E-state index in [0.29, 0.717) is 13.0 Å². The van der Waals surface area contributed by atoms with Crippen molar-refractivity contribution in [2.75, 3.05) is 18.2 Å². The highest BCUT2D eigenvalue weighted by atomic mass is 35.5. The second-order valence-corrected chi connectivity index (χ2v) is 7.15. The van der Waals surface area contributed by atoms with E-state index in [-0.39, 0.29) is 11.9 Å². The average Bonchev–Trinajstić information content (AvgIpc) is 2.51. The van der Waals surface area contributed by atoms with Crippen molar-refractivity contribution in [2.24, 2.45) is 0 Å². The molecule has 1 aliphatic heterocycles. The lowest BCUT2D eigenvalue weighted by molar-refractivity contribution is -0.134. The maximum Gasteiger partial charge on any atom is 0.389 e. The van der Waals surface area contributed by atoms with Crippen molar-refractivity contribution in [3.63, 3.8) is 0 Å². The summed E-state index contributed by atoms with van der Waals surface area (Å²) >= 11 is 5.77. The van der Waals surface area contributed by atoms with Gasteiger partial charge in [0.25, 0.3) is 0 Å². The first kappa shape index (κ1) is 17.0. The molecule has 1 fully saturated rings. The Balaban J connectivity index is 2.63. The lowest BCUT2D eigenvalue weighted by atomic mass is 10.1. The summed E-state index contributed by atoms with van der Waals surface area (Å²) in [6.07, 6.45) is -2.50. The molecule has 0 aliphatic carbocycles. The molecular weight excluding hydrogens is 303 g/mol. The van der Waals surface area contributed by atoms with Gasteiger partial charge in [-0.15, -0.1) is 11.6 Å². The molecule has 0 amide bonds. The molecule has 0 bridgehead atoms. The smallest absolute Gasteiger partial charge is 0.212 e. The predicted molar refractivity (Wildman–Crippen MR) is 68.8 cm³/mol. The average molecular weight is 322 g/mol. The Morgan fingerprint density at radius 1 is 1.21 bits per heavy atom. The molecular formula is C11H19ClF3NO2S. The highest BCUT2D eigenvalue weighted by molar-refractivity contribution is 7.89. The Morgan fingerprint density at radius 2 is 1.89 bits per heavy atom. The third kappa shape index (κ3) is 5.87. The Labute approximate surface area is 117 Å². The van der Waals surface area contributed by atoms with Crippen LogP contribution in [0.25, 0.3) is 0 Å². The number of rotatable bonds is 5. The largest absolute Gasteiger partial charge is 0.389 e. The summed E-state index contributed by atoms with van der Waals surface area (Å²) in [6, 6.07) is -0.278. The first-order chi connectivity index (χ1) is 8.76. The van der Waals surface area contributed by atoms with E-state index in [1.807, 2.05) is 0 Å². The molecule has 0 aromatic rings. The summed E-state index contributed by atoms with van der Waals surface area (Å²) in [5.41, 5.74) is 0. The van der Waals surface area contributed by atoms with Crippen molar-refractivity contribution in [3.05, 3.63) is 0 Å². The monoisotopic (exact) mass is 321 g/mol. The van der Waals surface area contributed by atoms with Crippen molar-refractivity contribution in [1.82, 2.24) is 4.31 Å². The van der Waals surface area contributed by atoms with Gasteiger partial charge in [-0.2, -0.15) is 17.5 Å². The van der Waals surface area contributed by atoms with E-state index in [0.717, 1.165) is 19.3 Å². The van der Waals surface area contributed by atoms with Gasteiger partial charge in [0, 0.05) is 24.9 Å². The second kappa shape index (κ2) is 7.13. The number of halogens is 4. The van der Waals surface area contributed by atoms with Crippen molar-refractivity contribution >= 4 is 21.6 Å². The number of sulfonamides is 1. The summed E-state index contributed by atoms with van der Waals surface area (Å²) < 4.78 is 61.6. The SMILES string of the molecule is O=S(=O)(CCCC(F)(F)F)N1CCCCCC1CCl. The first-order valence-corrected chi connectivity index (χ1v) is 8.53. The zero-order valence-corrected chi connectivity index (χ0v) is 12.2. The number of hydrogen-bond acceptors (Lipinski definition) is 2. The van der Waals surface area contributed by atoms with Crippen LogP contribution < -0.4 is 0 Å². The minimum absolute atomic E-state index is 0.193. The van der Waals surface area contributed by atoms with Crippen molar-refractivity contribution in [1.29, 1.82) is 0 Å². The van der Waals surface area contributed by atoms with Crippen LogP contribution >= 0.6 is 11.6 Å². The molecule has 1 aliphatic rings. The van der Waals surface area contributed by atoms with Gasteiger partial charge in [0.05, 0.1) is 5.75 Å². The Bertz CT molecular complexity index is 373. The van der Waals surface area contributed by atoms with Crippen LogP contribution in [-0.2, 0) is 10.0 Å². The standard InChI is InChI=1S/C11H19ClF3NO2S/c12-9-10-5-2-1-3-7-16(10)19(17,18)8-4-6-11(13,14)15/h10H,1-9H2. The Kier molecular flexibility index (Phi) is 6.39. The number of nitrogens with zero attached hydrogens (tertiary/aromatic N) is 1. The fraction of sp³-hybridized carbons (Fsp3) is 1.00. The highest BCUT2D eigenvalue weighted by Gasteiger charge is 2.32. The fourth-order valence-corrected chi connectivity index (χ4v) is 4.43. The minimum Gasteiger partial charge on any atom is -0.212 e. The third-order valence-electron chi connectivity index (χ3n) is 3.22. The molecule has 0 N–H and O–H groups in total. The zero-order valence-electron chi connectivity index (χ0n) is 10.6. The van der Waals surface area contributed by atoms with Gasteiger partial charge in [0.15, 0.2) is 0 Å². The predicted octanol–water partition coefficient (Wildman–Crippen LogP) is 3.14. The van der Waals surface area contributed by atoms with E-state index in [2.05, 4.69) is 0 Å². The van der Waals surface area contributed by atoms with Gasteiger partial charge in [-0.25, -0.2) is 8.42 Å². The molecule has 3 nitrogen and oxygen atoms in total. The maximum absolute atomic E-state index is 12.1. The molecule has 8 heteroatoms. The van der Waals surface area contributed by atoms with Crippen molar-refractivity contribution in [2.45, 2.75) is 50.7 Å². The third-order valence-corrected chi connectivity index (χ3v) is 5.58. The summed E-state index contributed by atoms with van der Waals surface area (Å²) in [5.74, 6) is -0.265. The molecule has 114 valence electrons. The maximum atomic E-state index is 12.1. The molecule has 19 heavy (non-hydrogen) atoms. The van der Waals surface area contributed by atoms with Crippen LogP contribution in [0.3, 0.4) is 0 Å². The van der Waals surface area contributed by atoms with Crippen LogP contribution in [-0.4, -0.2) is 43.1 Å². The summed E-state index contributed by atoms with van der Waals surface area (Å²) in [5, 5.41) is 0. The van der Waals surface area contributed by atoms with Crippen LogP contribution in [0.4, 0.5) is 13.2 Å². The number of alkyl halides is 4. The Hall–Kier alpha value is -0.0100. The number of hydrogen-bond donors (Lipinski definition) is 0. The molecule has 1 atom stereocenters. The topological polar surface area (TPSA) is 37.4 Å². The molecule has 0 spiro atoms. The van der Waals surface area contributed by atoms with Crippen LogP contribution in [0.15, 0.2) is 0 Å². The van der Waals surface area contributed by atoms with E-state index in [1.54, 1.807) is 0 Å². The van der Waals surface area contributed by atoms with Gasteiger partial charge in [0.2, 0.25) is 10.0 Å². The fourth-order valence-electron chi connectivity index (χ4n) is 2.24. The molecule has 1 heterocycles. The molecule has 0 aromatic carbocycles. The highest BCUT2D eigenvalue weighted by Crippen LogP contribution is 2.25. The van der Waals surface area contributed by atoms with E-state index in [1.165, 1.54) is 4.31 Å². The van der Waals surface area contributed by atoms with Gasteiger partial charge >= 0.3 is 6.18 Å². The summed E-state index contributed by atoms with van der Waals surface area (Å²) in [6.45, 7) is 0.367. The second-order valence-electron chi connectivity index (χ2n) is 4.80. The van der Waals surface area contributed by atoms with Crippen LogP contribution in [0.2, 0.25) is 0 Å². The molecule has 1 rings (SSSR count). The van der Waals surface area contributed by atoms with Crippen molar-refractivity contribution < 1.29 is 21.6 Å². The first-order valence-electron chi connectivity index (χ1n) is 6.38. The van der Waals surface area contributed by atoms with Crippen LogP contribution in [0, 0.1) is 0 Å². The van der Waals surface area contributed by atoms with Gasteiger partial charge in [-0.05, 0) is 19.3 Å². The molecule has 0 saturated carbocycles. The van der Waals surface area contributed by atoms with E-state index < -0.39 is 34.8 Å². The molecule has 0 radical (unpaired) electrons. The lowest BCUT2D eigenvalue weighted by Gasteiger charge is -2.27. The van der Waals surface area contributed by atoms with E-state index in [9.17, 15) is 21.6 Å². The van der Waals surface area contributed by atoms with Gasteiger partial charge in [-0.1, -0.05) is 12.8 Å². The molecule has 1 saturated heterocycles. The summed E-state index contributed by atoms with van der Waals surface area (Å²) in [7, 11) is -3.64. The van der Waals surface area contributed by atoms with E-state index in [4.69, 9.17) is 11.6 Å². The van der Waals surface area contributed by atoms with Gasteiger partial charge in [-0.3, -0.25) is 0 Å². The molecule has 0 aromatic heterocycles. The quantitative estimate of drug-likeness (QED) is 0.729. The normalized spacial score (nSPS) is 23.3. The summed E-state index contributed by atoms with van der Waals surface area (Å²) in [4.78, 5) is 0. The molecule has 1 unspecified atom stereocenters. The van der Waals surface area contributed by atoms with Crippen LogP contribution in [0.1, 0.15) is 38.5 Å². The zero-order chi connectivity index (χ0) is 14.5. The van der Waals surface area contributed by atoms with Crippen molar-refractivity contribution in [3.8, 4) is 0 Å². The lowest BCUT2D eigenvalue weighted by Crippen LogP contribution is -2.42. The minimum atomic E-state index is -4.31.